The lowest BCUT2D eigenvalue weighted by Crippen LogP contribution is -2.34. The van der Waals surface area contributed by atoms with Crippen LogP contribution in [0.2, 0.25) is 0 Å². The molecular weight excluding hydrogens is 396 g/mol. The molecule has 150 valence electrons. The summed E-state index contributed by atoms with van der Waals surface area (Å²) >= 11 is 1.53. The molecule has 1 amide bonds. The van der Waals surface area contributed by atoms with Crippen LogP contribution in [0, 0.1) is 0 Å². The zero-order valence-electron chi connectivity index (χ0n) is 16.0. The highest BCUT2D eigenvalue weighted by Crippen LogP contribution is 2.29. The van der Waals surface area contributed by atoms with Crippen molar-refractivity contribution in [1.82, 2.24) is 15.3 Å². The molecule has 30 heavy (non-hydrogen) atoms. The molecule has 7 heteroatoms. The zero-order valence-corrected chi connectivity index (χ0v) is 16.8. The van der Waals surface area contributed by atoms with Gasteiger partial charge in [0, 0.05) is 10.9 Å². The van der Waals surface area contributed by atoms with Crippen molar-refractivity contribution in [2.45, 2.75) is 12.1 Å². The Morgan fingerprint density at radius 1 is 1.00 bits per heavy atom. The Morgan fingerprint density at radius 2 is 1.67 bits per heavy atom. The fraction of sp³-hybridized carbons (Fsp3) is 0.0870. The third-order valence-corrected chi connectivity index (χ3v) is 5.42. The van der Waals surface area contributed by atoms with Gasteiger partial charge in [-0.3, -0.25) is 4.79 Å². The van der Waals surface area contributed by atoms with E-state index in [1.807, 2.05) is 77.5 Å². The van der Waals surface area contributed by atoms with Gasteiger partial charge in [-0.1, -0.05) is 60.7 Å². The van der Waals surface area contributed by atoms with Gasteiger partial charge in [-0.25, -0.2) is 9.97 Å². The first-order chi connectivity index (χ1) is 14.6. The molecule has 0 saturated carbocycles. The van der Waals surface area contributed by atoms with Crippen LogP contribution in [0.4, 0.5) is 5.82 Å². The highest BCUT2D eigenvalue weighted by atomic mass is 32.1. The largest absolute Gasteiger partial charge is 0.386 e. The number of aromatic nitrogens is 2. The first-order valence-electron chi connectivity index (χ1n) is 9.37. The molecule has 0 aliphatic rings. The maximum absolute atomic E-state index is 13.1. The molecule has 0 fully saturated rings. The number of nitrogens with two attached hydrogens (primary N) is 1. The van der Waals surface area contributed by atoms with Gasteiger partial charge in [0.05, 0.1) is 17.9 Å². The molecule has 4 rings (SSSR count). The molecule has 0 bridgehead atoms. The van der Waals surface area contributed by atoms with Crippen LogP contribution in [0.3, 0.4) is 0 Å². The van der Waals surface area contributed by atoms with Crippen molar-refractivity contribution in [2.75, 3.05) is 5.73 Å². The monoisotopic (exact) mass is 416 g/mol. The molecular formula is C23H20N4O2S. The van der Waals surface area contributed by atoms with Crippen LogP contribution in [0.5, 0.6) is 0 Å². The second kappa shape index (κ2) is 8.86. The first-order valence-corrected chi connectivity index (χ1v) is 10.3. The third kappa shape index (κ3) is 4.22. The summed E-state index contributed by atoms with van der Waals surface area (Å²) in [6, 6.07) is 19.7. The molecule has 6 nitrogen and oxygen atoms in total. The van der Waals surface area contributed by atoms with E-state index in [2.05, 4.69) is 15.3 Å². The van der Waals surface area contributed by atoms with Gasteiger partial charge in [-0.15, -0.1) is 0 Å². The predicted molar refractivity (Wildman–Crippen MR) is 118 cm³/mol. The Hall–Kier alpha value is -3.55. The Balaban J connectivity index is 1.66. The highest BCUT2D eigenvalue weighted by molar-refractivity contribution is 7.08. The molecule has 0 saturated heterocycles. The number of nitrogens with one attached hydrogen (secondary N) is 1. The minimum Gasteiger partial charge on any atom is -0.386 e. The molecule has 0 spiro atoms. The summed E-state index contributed by atoms with van der Waals surface area (Å²) < 4.78 is 0. The molecule has 0 aliphatic heterocycles. The fourth-order valence-electron chi connectivity index (χ4n) is 3.17. The Kier molecular flexibility index (Phi) is 5.83. The molecule has 0 aliphatic carbocycles. The van der Waals surface area contributed by atoms with Crippen molar-refractivity contribution < 1.29 is 9.90 Å². The number of hydrogen-bond acceptors (Lipinski definition) is 6. The number of carbonyl (C=O) groups excluding carboxylic acids is 1. The number of benzene rings is 2. The van der Waals surface area contributed by atoms with E-state index in [0.717, 1.165) is 11.1 Å². The van der Waals surface area contributed by atoms with Gasteiger partial charge < -0.3 is 16.2 Å². The van der Waals surface area contributed by atoms with Crippen LogP contribution >= 0.6 is 11.3 Å². The SMILES string of the molecule is Nc1ncc(-c2ccsc2)nc1C(=O)N[C@H](c1ccccc1)[C@H](O)c1ccccc1. The summed E-state index contributed by atoms with van der Waals surface area (Å²) in [5.74, 6) is -0.464. The van der Waals surface area contributed by atoms with Crippen molar-refractivity contribution >= 4 is 23.1 Å². The minimum atomic E-state index is -0.952. The summed E-state index contributed by atoms with van der Waals surface area (Å²) in [6.07, 6.45) is 0.591. The van der Waals surface area contributed by atoms with Gasteiger partial charge in [-0.2, -0.15) is 11.3 Å². The minimum absolute atomic E-state index is 0.0277. The summed E-state index contributed by atoms with van der Waals surface area (Å²) in [5.41, 5.74) is 8.87. The number of anilines is 1. The molecule has 0 radical (unpaired) electrons. The van der Waals surface area contributed by atoms with Crippen LogP contribution in [0.25, 0.3) is 11.3 Å². The average Bonchev–Trinajstić information content (AvgIpc) is 3.33. The zero-order chi connectivity index (χ0) is 20.9. The van der Waals surface area contributed by atoms with Crippen LogP contribution in [0.1, 0.15) is 33.8 Å². The predicted octanol–water partition coefficient (Wildman–Crippen LogP) is 3.99. The number of aliphatic hydroxyl groups is 1. The van der Waals surface area contributed by atoms with E-state index in [9.17, 15) is 9.90 Å². The molecule has 0 unspecified atom stereocenters. The lowest BCUT2D eigenvalue weighted by Gasteiger charge is -2.25. The number of aliphatic hydroxyl groups excluding tert-OH is 1. The number of amides is 1. The van der Waals surface area contributed by atoms with Crippen LogP contribution in [-0.4, -0.2) is 21.0 Å². The van der Waals surface area contributed by atoms with Crippen LogP contribution < -0.4 is 11.1 Å². The van der Waals surface area contributed by atoms with Crippen molar-refractivity contribution in [1.29, 1.82) is 0 Å². The topological polar surface area (TPSA) is 101 Å². The summed E-state index contributed by atoms with van der Waals surface area (Å²) in [4.78, 5) is 21.7. The molecule has 2 aromatic heterocycles. The molecule has 2 atom stereocenters. The Morgan fingerprint density at radius 3 is 2.30 bits per heavy atom. The quantitative estimate of drug-likeness (QED) is 0.441. The number of rotatable bonds is 6. The Bertz CT molecular complexity index is 1120. The van der Waals surface area contributed by atoms with E-state index < -0.39 is 18.1 Å². The number of hydrogen-bond donors (Lipinski definition) is 3. The fourth-order valence-corrected chi connectivity index (χ4v) is 3.82. The van der Waals surface area contributed by atoms with Crippen molar-refractivity contribution in [2.24, 2.45) is 0 Å². The van der Waals surface area contributed by atoms with E-state index in [1.54, 1.807) is 6.20 Å². The summed E-state index contributed by atoms with van der Waals surface area (Å²) in [5, 5.41) is 17.8. The van der Waals surface area contributed by atoms with Crippen molar-refractivity contribution in [3.63, 3.8) is 0 Å². The number of carbonyl (C=O) groups is 1. The number of nitrogens with zero attached hydrogens (tertiary/aromatic N) is 2. The van der Waals surface area contributed by atoms with E-state index in [4.69, 9.17) is 5.73 Å². The van der Waals surface area contributed by atoms with Gasteiger partial charge in [-0.05, 0) is 22.6 Å². The maximum atomic E-state index is 13.1. The normalized spacial score (nSPS) is 12.8. The van der Waals surface area contributed by atoms with Gasteiger partial charge in [0.15, 0.2) is 11.5 Å². The standard InChI is InChI=1S/C23H20N4O2S/c24-22-20(26-18(13-25-22)17-11-12-30-14-17)23(29)27-19(15-7-3-1-4-8-15)21(28)16-9-5-2-6-10-16/h1-14,19,21,28H,(H2,24,25)(H,27,29)/t19-,21-/m1/s1. The number of nitrogen functional groups attached to an aromatic ring is 1. The van der Waals surface area contributed by atoms with E-state index >= 15 is 0 Å². The molecule has 2 heterocycles. The van der Waals surface area contributed by atoms with E-state index in [-0.39, 0.29) is 11.5 Å². The lowest BCUT2D eigenvalue weighted by molar-refractivity contribution is 0.0827. The maximum Gasteiger partial charge on any atom is 0.274 e. The number of thiophene rings is 1. The van der Waals surface area contributed by atoms with Gasteiger partial charge in [0.2, 0.25) is 0 Å². The Labute approximate surface area is 178 Å². The second-order valence-electron chi connectivity index (χ2n) is 6.72. The van der Waals surface area contributed by atoms with Gasteiger partial charge >= 0.3 is 0 Å². The smallest absolute Gasteiger partial charge is 0.274 e. The van der Waals surface area contributed by atoms with E-state index in [1.165, 1.54) is 11.3 Å². The lowest BCUT2D eigenvalue weighted by atomic mass is 9.95. The molecule has 2 aromatic carbocycles. The third-order valence-electron chi connectivity index (χ3n) is 4.73. The molecule has 4 aromatic rings. The summed E-state index contributed by atoms with van der Waals surface area (Å²) in [7, 11) is 0. The van der Waals surface area contributed by atoms with Crippen molar-refractivity contribution in [3.05, 3.63) is 101 Å². The highest BCUT2D eigenvalue weighted by Gasteiger charge is 2.26. The summed E-state index contributed by atoms with van der Waals surface area (Å²) in [6.45, 7) is 0. The van der Waals surface area contributed by atoms with Crippen molar-refractivity contribution in [3.8, 4) is 11.3 Å². The van der Waals surface area contributed by atoms with Gasteiger partial charge in [0.1, 0.15) is 6.10 Å². The first kappa shape index (κ1) is 19.8. The average molecular weight is 417 g/mol. The van der Waals surface area contributed by atoms with Gasteiger partial charge in [0.25, 0.3) is 5.91 Å². The van der Waals surface area contributed by atoms with Crippen LogP contribution in [0.15, 0.2) is 83.7 Å². The molecule has 4 N–H and O–H groups in total. The van der Waals surface area contributed by atoms with Crippen LogP contribution in [-0.2, 0) is 0 Å². The second-order valence-corrected chi connectivity index (χ2v) is 7.50. The van der Waals surface area contributed by atoms with E-state index in [0.29, 0.717) is 11.3 Å².